The van der Waals surface area contributed by atoms with E-state index in [1.807, 2.05) is 18.4 Å². The highest BCUT2D eigenvalue weighted by molar-refractivity contribution is 7.10. The van der Waals surface area contributed by atoms with Gasteiger partial charge in [-0.2, -0.15) is 5.10 Å². The summed E-state index contributed by atoms with van der Waals surface area (Å²) in [5.74, 6) is -0.260. The van der Waals surface area contributed by atoms with E-state index in [-0.39, 0.29) is 23.2 Å². The van der Waals surface area contributed by atoms with Crippen molar-refractivity contribution in [1.82, 2.24) is 20.0 Å². The zero-order valence-electron chi connectivity index (χ0n) is 14.9. The van der Waals surface area contributed by atoms with Gasteiger partial charge in [0.15, 0.2) is 0 Å². The van der Waals surface area contributed by atoms with Gasteiger partial charge in [-0.25, -0.2) is 4.68 Å². The summed E-state index contributed by atoms with van der Waals surface area (Å²) in [5.41, 5.74) is 0.0816. The molecule has 0 radical (unpaired) electrons. The molecular weight excluding hydrogens is 352 g/mol. The van der Waals surface area contributed by atoms with Crippen LogP contribution in [0.15, 0.2) is 34.4 Å². The Morgan fingerprint density at radius 2 is 2.15 bits per heavy atom. The minimum Gasteiger partial charge on any atom is -0.379 e. The molecule has 1 fully saturated rings. The second-order valence-electron chi connectivity index (χ2n) is 6.17. The molecule has 1 saturated heterocycles. The monoisotopic (exact) mass is 376 g/mol. The van der Waals surface area contributed by atoms with Gasteiger partial charge in [0.2, 0.25) is 0 Å². The van der Waals surface area contributed by atoms with Crippen molar-refractivity contribution in [2.24, 2.45) is 0 Å². The molecule has 1 unspecified atom stereocenters. The lowest BCUT2D eigenvalue weighted by Crippen LogP contribution is -2.43. The molecule has 1 aliphatic rings. The van der Waals surface area contributed by atoms with Crippen LogP contribution in [0.2, 0.25) is 0 Å². The van der Waals surface area contributed by atoms with Crippen molar-refractivity contribution in [3.05, 3.63) is 50.6 Å². The zero-order chi connectivity index (χ0) is 18.4. The van der Waals surface area contributed by atoms with Crippen molar-refractivity contribution >= 4 is 17.2 Å². The fourth-order valence-electron chi connectivity index (χ4n) is 3.00. The highest BCUT2D eigenvalue weighted by Crippen LogP contribution is 2.25. The highest BCUT2D eigenvalue weighted by Gasteiger charge is 2.24. The summed E-state index contributed by atoms with van der Waals surface area (Å²) in [4.78, 5) is 27.9. The van der Waals surface area contributed by atoms with Crippen LogP contribution in [0.1, 0.15) is 34.8 Å². The largest absolute Gasteiger partial charge is 0.379 e. The SMILES string of the molecule is CCCn1nc(C(=O)NCC(c2cccs2)N2CCOCC2)ccc1=O. The molecule has 0 saturated carbocycles. The molecule has 0 spiro atoms. The molecule has 26 heavy (non-hydrogen) atoms. The minimum atomic E-state index is -0.260. The lowest BCUT2D eigenvalue weighted by molar-refractivity contribution is 0.0169. The summed E-state index contributed by atoms with van der Waals surface area (Å²) < 4.78 is 6.78. The van der Waals surface area contributed by atoms with Crippen LogP contribution in [0, 0.1) is 0 Å². The summed E-state index contributed by atoms with van der Waals surface area (Å²) >= 11 is 1.69. The Morgan fingerprint density at radius 1 is 1.35 bits per heavy atom. The maximum Gasteiger partial charge on any atom is 0.271 e. The number of aryl methyl sites for hydroxylation is 1. The fourth-order valence-corrected chi connectivity index (χ4v) is 3.86. The molecule has 3 rings (SSSR count). The summed E-state index contributed by atoms with van der Waals surface area (Å²) in [6.45, 7) is 6.07. The molecule has 7 nitrogen and oxygen atoms in total. The third-order valence-electron chi connectivity index (χ3n) is 4.35. The number of nitrogens with one attached hydrogen (secondary N) is 1. The molecule has 2 aromatic rings. The number of amides is 1. The number of rotatable bonds is 7. The van der Waals surface area contributed by atoms with Gasteiger partial charge in [0.1, 0.15) is 5.69 Å². The van der Waals surface area contributed by atoms with Gasteiger partial charge >= 0.3 is 0 Å². The van der Waals surface area contributed by atoms with Crippen LogP contribution in [0.3, 0.4) is 0 Å². The minimum absolute atomic E-state index is 0.115. The van der Waals surface area contributed by atoms with Crippen LogP contribution in [-0.4, -0.2) is 53.4 Å². The number of hydrogen-bond acceptors (Lipinski definition) is 6. The van der Waals surface area contributed by atoms with Gasteiger partial charge in [-0.3, -0.25) is 14.5 Å². The Balaban J connectivity index is 1.69. The number of carbonyl (C=O) groups excluding carboxylic acids is 1. The van der Waals surface area contributed by atoms with Gasteiger partial charge in [-0.15, -0.1) is 11.3 Å². The molecule has 0 aromatic carbocycles. The quantitative estimate of drug-likeness (QED) is 0.793. The van der Waals surface area contributed by atoms with Crippen molar-refractivity contribution < 1.29 is 9.53 Å². The first kappa shape index (κ1) is 18.8. The van der Waals surface area contributed by atoms with E-state index in [1.54, 1.807) is 11.3 Å². The predicted octanol–water partition coefficient (Wildman–Crippen LogP) is 1.52. The smallest absolute Gasteiger partial charge is 0.271 e. The Hall–Kier alpha value is -2.03. The lowest BCUT2D eigenvalue weighted by atomic mass is 10.2. The summed E-state index contributed by atoms with van der Waals surface area (Å²) in [6, 6.07) is 7.12. The lowest BCUT2D eigenvalue weighted by Gasteiger charge is -2.34. The number of aromatic nitrogens is 2. The van der Waals surface area contributed by atoms with E-state index < -0.39 is 0 Å². The van der Waals surface area contributed by atoms with E-state index in [2.05, 4.69) is 21.4 Å². The van der Waals surface area contributed by atoms with E-state index in [9.17, 15) is 9.59 Å². The number of hydrogen-bond donors (Lipinski definition) is 1. The molecule has 3 heterocycles. The van der Waals surface area contributed by atoms with E-state index in [0.717, 1.165) is 19.5 Å². The predicted molar refractivity (Wildman–Crippen MR) is 101 cm³/mol. The second kappa shape index (κ2) is 9.07. The first-order chi connectivity index (χ1) is 12.7. The average Bonchev–Trinajstić information content (AvgIpc) is 3.19. The van der Waals surface area contributed by atoms with Gasteiger partial charge in [0.05, 0.1) is 19.3 Å². The first-order valence-corrected chi connectivity index (χ1v) is 9.78. The van der Waals surface area contributed by atoms with E-state index in [0.29, 0.717) is 26.3 Å². The van der Waals surface area contributed by atoms with E-state index in [4.69, 9.17) is 4.74 Å². The summed E-state index contributed by atoms with van der Waals surface area (Å²) in [6.07, 6.45) is 0.787. The van der Waals surface area contributed by atoms with Crippen LogP contribution in [0.4, 0.5) is 0 Å². The molecule has 1 amide bonds. The zero-order valence-corrected chi connectivity index (χ0v) is 15.7. The fraction of sp³-hybridized carbons (Fsp3) is 0.500. The number of thiophene rings is 1. The first-order valence-electron chi connectivity index (χ1n) is 8.90. The Labute approximate surface area is 156 Å². The molecule has 0 aliphatic carbocycles. The number of carbonyl (C=O) groups is 1. The third-order valence-corrected chi connectivity index (χ3v) is 5.32. The molecule has 140 valence electrons. The maximum atomic E-state index is 12.5. The summed E-state index contributed by atoms with van der Waals surface area (Å²) in [5, 5.41) is 9.21. The van der Waals surface area contributed by atoms with Crippen LogP contribution in [0.5, 0.6) is 0 Å². The van der Waals surface area contributed by atoms with Crippen molar-refractivity contribution in [1.29, 1.82) is 0 Å². The standard InChI is InChI=1S/C18H24N4O3S/c1-2-7-22-17(23)6-5-14(20-22)18(24)19-13-15(16-4-3-12-26-16)21-8-10-25-11-9-21/h3-6,12,15H,2,7-11,13H2,1H3,(H,19,24). The van der Waals surface area contributed by atoms with Crippen LogP contribution < -0.4 is 10.9 Å². The van der Waals surface area contributed by atoms with Crippen molar-refractivity contribution in [3.8, 4) is 0 Å². The Morgan fingerprint density at radius 3 is 2.85 bits per heavy atom. The second-order valence-corrected chi connectivity index (χ2v) is 7.15. The Bertz CT molecular complexity index is 769. The highest BCUT2D eigenvalue weighted by atomic mass is 32.1. The number of ether oxygens (including phenoxy) is 1. The van der Waals surface area contributed by atoms with Crippen LogP contribution >= 0.6 is 11.3 Å². The molecule has 1 atom stereocenters. The molecule has 0 bridgehead atoms. The van der Waals surface area contributed by atoms with Crippen molar-refractivity contribution in [3.63, 3.8) is 0 Å². The molecule has 2 aromatic heterocycles. The van der Waals surface area contributed by atoms with E-state index in [1.165, 1.54) is 21.7 Å². The third kappa shape index (κ3) is 4.57. The van der Waals surface area contributed by atoms with E-state index >= 15 is 0 Å². The molecule has 1 aliphatic heterocycles. The Kier molecular flexibility index (Phi) is 6.54. The molecule has 1 N–H and O–H groups in total. The number of morpholine rings is 1. The van der Waals surface area contributed by atoms with Gasteiger partial charge in [0.25, 0.3) is 11.5 Å². The topological polar surface area (TPSA) is 76.5 Å². The number of nitrogens with zero attached hydrogens (tertiary/aromatic N) is 3. The summed E-state index contributed by atoms with van der Waals surface area (Å²) in [7, 11) is 0. The maximum absolute atomic E-state index is 12.5. The van der Waals surface area contributed by atoms with Gasteiger partial charge < -0.3 is 10.1 Å². The van der Waals surface area contributed by atoms with Crippen LogP contribution in [-0.2, 0) is 11.3 Å². The molecular formula is C18H24N4O3S. The van der Waals surface area contributed by atoms with Crippen molar-refractivity contribution in [2.45, 2.75) is 25.9 Å². The van der Waals surface area contributed by atoms with Gasteiger partial charge in [-0.1, -0.05) is 13.0 Å². The van der Waals surface area contributed by atoms with Crippen molar-refractivity contribution in [2.75, 3.05) is 32.8 Å². The normalized spacial score (nSPS) is 16.3. The van der Waals surface area contributed by atoms with Crippen LogP contribution in [0.25, 0.3) is 0 Å². The average molecular weight is 376 g/mol. The van der Waals surface area contributed by atoms with Gasteiger partial charge in [-0.05, 0) is 23.9 Å². The van der Waals surface area contributed by atoms with Gasteiger partial charge in [0, 0.05) is 37.1 Å². The molecule has 8 heteroatoms.